The van der Waals surface area contributed by atoms with Crippen LogP contribution in [0.2, 0.25) is 0 Å². The van der Waals surface area contributed by atoms with Crippen molar-refractivity contribution in [1.29, 1.82) is 0 Å². The molecule has 0 fully saturated rings. The lowest BCUT2D eigenvalue weighted by Crippen LogP contribution is -2.00. The van der Waals surface area contributed by atoms with E-state index in [1.54, 1.807) is 24.3 Å². The first kappa shape index (κ1) is 12.2. The molecule has 0 atom stereocenters. The van der Waals surface area contributed by atoms with Crippen molar-refractivity contribution in [3.63, 3.8) is 0 Å². The molecule has 0 aliphatic rings. The Morgan fingerprint density at radius 2 is 1.78 bits per heavy atom. The first-order chi connectivity index (χ1) is 8.58. The summed E-state index contributed by atoms with van der Waals surface area (Å²) in [6.07, 6.45) is 0. The van der Waals surface area contributed by atoms with Crippen LogP contribution in [0.25, 0.3) is 0 Å². The maximum absolute atomic E-state index is 13.1. The summed E-state index contributed by atoms with van der Waals surface area (Å²) in [4.78, 5) is 11.4. The Kier molecular flexibility index (Phi) is 3.37. The number of para-hydroxylation sites is 1. The highest BCUT2D eigenvalue weighted by Crippen LogP contribution is 2.22. The van der Waals surface area contributed by atoms with E-state index in [0.29, 0.717) is 16.9 Å². The minimum atomic E-state index is -0.930. The van der Waals surface area contributed by atoms with Crippen molar-refractivity contribution in [2.75, 3.05) is 5.32 Å². The Morgan fingerprint density at radius 3 is 2.44 bits per heavy atom. The number of hydrogen-bond acceptors (Lipinski definition) is 2. The molecule has 0 spiro atoms. The largest absolute Gasteiger partial charge is 0.355 e. The number of anilines is 2. The number of Topliss-reactive ketones (excluding diaryl/α,β-unsaturated/α-hetero) is 1. The summed E-state index contributed by atoms with van der Waals surface area (Å²) < 4.78 is 25.8. The number of ketones is 1. The lowest BCUT2D eigenvalue weighted by atomic mass is 10.1. The monoisotopic (exact) mass is 247 g/mol. The Hall–Kier alpha value is -2.23. The van der Waals surface area contributed by atoms with E-state index in [0.717, 1.165) is 12.1 Å². The van der Waals surface area contributed by atoms with Gasteiger partial charge in [-0.2, -0.15) is 0 Å². The van der Waals surface area contributed by atoms with Gasteiger partial charge in [-0.15, -0.1) is 0 Å². The third-order valence-corrected chi connectivity index (χ3v) is 2.50. The van der Waals surface area contributed by atoms with E-state index in [1.165, 1.54) is 13.0 Å². The second-order valence-electron chi connectivity index (χ2n) is 3.86. The molecule has 0 bridgehead atoms. The number of hydrogen-bond donors (Lipinski definition) is 1. The first-order valence-corrected chi connectivity index (χ1v) is 5.40. The molecule has 92 valence electrons. The van der Waals surface area contributed by atoms with Gasteiger partial charge in [0.1, 0.15) is 0 Å². The second kappa shape index (κ2) is 4.96. The van der Waals surface area contributed by atoms with Gasteiger partial charge in [0.15, 0.2) is 17.4 Å². The van der Waals surface area contributed by atoms with Gasteiger partial charge < -0.3 is 5.32 Å². The fourth-order valence-electron chi connectivity index (χ4n) is 1.63. The van der Waals surface area contributed by atoms with Gasteiger partial charge in [-0.05, 0) is 31.2 Å². The fraction of sp³-hybridized carbons (Fsp3) is 0.0714. The standard InChI is InChI=1S/C14H11F2NO/c1-9(18)11-4-2-3-5-14(11)17-10-6-7-12(15)13(16)8-10/h2-8,17H,1H3. The predicted octanol–water partition coefficient (Wildman–Crippen LogP) is 3.91. The van der Waals surface area contributed by atoms with Gasteiger partial charge in [0.2, 0.25) is 0 Å². The third kappa shape index (κ3) is 2.53. The number of carbonyl (C=O) groups excluding carboxylic acids is 1. The molecule has 0 heterocycles. The number of halogens is 2. The van der Waals surface area contributed by atoms with Crippen LogP contribution < -0.4 is 5.32 Å². The lowest BCUT2D eigenvalue weighted by molar-refractivity contribution is 0.101. The van der Waals surface area contributed by atoms with E-state index in [4.69, 9.17) is 0 Å². The van der Waals surface area contributed by atoms with Gasteiger partial charge in [-0.25, -0.2) is 8.78 Å². The molecule has 0 saturated carbocycles. The zero-order valence-electron chi connectivity index (χ0n) is 9.71. The smallest absolute Gasteiger partial charge is 0.161 e. The van der Waals surface area contributed by atoms with E-state index in [1.807, 2.05) is 0 Å². The molecular weight excluding hydrogens is 236 g/mol. The molecule has 2 nitrogen and oxygen atoms in total. The zero-order valence-corrected chi connectivity index (χ0v) is 9.71. The average Bonchev–Trinajstić information content (AvgIpc) is 2.34. The van der Waals surface area contributed by atoms with Crippen LogP contribution >= 0.6 is 0 Å². The van der Waals surface area contributed by atoms with Crippen molar-refractivity contribution in [1.82, 2.24) is 0 Å². The summed E-state index contributed by atoms with van der Waals surface area (Å²) >= 11 is 0. The summed E-state index contributed by atoms with van der Waals surface area (Å²) in [5.41, 5.74) is 1.46. The van der Waals surface area contributed by atoms with E-state index in [2.05, 4.69) is 5.32 Å². The quantitative estimate of drug-likeness (QED) is 0.833. The summed E-state index contributed by atoms with van der Waals surface area (Å²) in [7, 11) is 0. The van der Waals surface area contributed by atoms with Crippen molar-refractivity contribution >= 4 is 17.2 Å². The highest BCUT2D eigenvalue weighted by Gasteiger charge is 2.07. The molecule has 0 aliphatic heterocycles. The molecule has 0 amide bonds. The Morgan fingerprint density at radius 1 is 1.06 bits per heavy atom. The van der Waals surface area contributed by atoms with E-state index >= 15 is 0 Å². The fourth-order valence-corrected chi connectivity index (χ4v) is 1.63. The van der Waals surface area contributed by atoms with Crippen LogP contribution in [0.5, 0.6) is 0 Å². The van der Waals surface area contributed by atoms with Crippen LogP contribution in [0.15, 0.2) is 42.5 Å². The van der Waals surface area contributed by atoms with Crippen molar-refractivity contribution < 1.29 is 13.6 Å². The van der Waals surface area contributed by atoms with Gasteiger partial charge in [0.25, 0.3) is 0 Å². The molecule has 18 heavy (non-hydrogen) atoms. The molecular formula is C14H11F2NO. The molecule has 1 N–H and O–H groups in total. The summed E-state index contributed by atoms with van der Waals surface area (Å²) in [5, 5.41) is 2.89. The molecule has 0 aliphatic carbocycles. The predicted molar refractivity (Wildman–Crippen MR) is 66.1 cm³/mol. The number of benzene rings is 2. The van der Waals surface area contributed by atoms with Crippen LogP contribution in [-0.2, 0) is 0 Å². The zero-order chi connectivity index (χ0) is 13.1. The van der Waals surface area contributed by atoms with E-state index in [9.17, 15) is 13.6 Å². The average molecular weight is 247 g/mol. The van der Waals surface area contributed by atoms with Crippen molar-refractivity contribution in [3.05, 3.63) is 59.7 Å². The molecule has 2 aromatic carbocycles. The minimum absolute atomic E-state index is 0.0966. The van der Waals surface area contributed by atoms with Gasteiger partial charge in [-0.1, -0.05) is 12.1 Å². The topological polar surface area (TPSA) is 29.1 Å². The normalized spacial score (nSPS) is 10.2. The Bertz CT molecular complexity index is 596. The van der Waals surface area contributed by atoms with Gasteiger partial charge in [0.05, 0.1) is 0 Å². The van der Waals surface area contributed by atoms with Gasteiger partial charge in [0, 0.05) is 23.0 Å². The van der Waals surface area contributed by atoms with E-state index < -0.39 is 11.6 Å². The van der Waals surface area contributed by atoms with Crippen LogP contribution in [-0.4, -0.2) is 5.78 Å². The maximum atomic E-state index is 13.1. The SMILES string of the molecule is CC(=O)c1ccccc1Nc1ccc(F)c(F)c1. The van der Waals surface area contributed by atoms with E-state index in [-0.39, 0.29) is 5.78 Å². The number of nitrogens with one attached hydrogen (secondary N) is 1. The highest BCUT2D eigenvalue weighted by atomic mass is 19.2. The van der Waals surface area contributed by atoms with Crippen LogP contribution in [0, 0.1) is 11.6 Å². The van der Waals surface area contributed by atoms with Crippen molar-refractivity contribution in [2.24, 2.45) is 0 Å². The lowest BCUT2D eigenvalue weighted by Gasteiger charge is -2.10. The summed E-state index contributed by atoms with van der Waals surface area (Å²) in [6, 6.07) is 10.4. The molecule has 4 heteroatoms. The molecule has 0 unspecified atom stereocenters. The summed E-state index contributed by atoms with van der Waals surface area (Å²) in [5.74, 6) is -1.93. The van der Waals surface area contributed by atoms with Crippen LogP contribution in [0.1, 0.15) is 17.3 Å². The Labute approximate surface area is 103 Å². The highest BCUT2D eigenvalue weighted by molar-refractivity contribution is 6.00. The third-order valence-electron chi connectivity index (χ3n) is 2.50. The Balaban J connectivity index is 2.34. The van der Waals surface area contributed by atoms with Crippen LogP contribution in [0.3, 0.4) is 0 Å². The number of rotatable bonds is 3. The molecule has 0 aromatic heterocycles. The van der Waals surface area contributed by atoms with Crippen molar-refractivity contribution in [2.45, 2.75) is 6.92 Å². The minimum Gasteiger partial charge on any atom is -0.355 e. The molecule has 0 saturated heterocycles. The van der Waals surface area contributed by atoms with Crippen molar-refractivity contribution in [3.8, 4) is 0 Å². The van der Waals surface area contributed by atoms with Gasteiger partial charge in [-0.3, -0.25) is 4.79 Å². The molecule has 0 radical (unpaired) electrons. The summed E-state index contributed by atoms with van der Waals surface area (Å²) in [6.45, 7) is 1.45. The number of carbonyl (C=O) groups is 1. The second-order valence-corrected chi connectivity index (χ2v) is 3.86. The van der Waals surface area contributed by atoms with Crippen LogP contribution in [0.4, 0.5) is 20.2 Å². The maximum Gasteiger partial charge on any atom is 0.161 e. The molecule has 2 rings (SSSR count). The van der Waals surface area contributed by atoms with Gasteiger partial charge >= 0.3 is 0 Å². The first-order valence-electron chi connectivity index (χ1n) is 5.40. The molecule has 2 aromatic rings.